The maximum absolute atomic E-state index is 14.7. The van der Waals surface area contributed by atoms with Crippen LogP contribution in [-0.2, 0) is 0 Å². The predicted octanol–water partition coefficient (Wildman–Crippen LogP) is 4.04. The predicted molar refractivity (Wildman–Crippen MR) is 129 cm³/mol. The number of nitrogens with one attached hydrogen (secondary N) is 2. The Morgan fingerprint density at radius 2 is 2.15 bits per heavy atom. The molecule has 178 valence electrons. The number of hydrogen-bond acceptors (Lipinski definition) is 8. The van der Waals surface area contributed by atoms with Crippen LogP contribution in [0.25, 0.3) is 0 Å². The maximum atomic E-state index is 14.7. The van der Waals surface area contributed by atoms with Gasteiger partial charge in [0.05, 0.1) is 13.2 Å². The molecule has 4 rings (SSSR count). The zero-order chi connectivity index (χ0) is 23.2. The molecular formula is C24H34FN7O. The Bertz CT molecular complexity index is 964. The smallest absolute Gasteiger partial charge is 0.236 e. The van der Waals surface area contributed by atoms with E-state index in [1.807, 2.05) is 11.0 Å². The summed E-state index contributed by atoms with van der Waals surface area (Å²) in [6, 6.07) is 5.19. The van der Waals surface area contributed by atoms with Gasteiger partial charge in [-0.1, -0.05) is 19.1 Å². The van der Waals surface area contributed by atoms with Gasteiger partial charge in [-0.05, 0) is 63.1 Å². The third kappa shape index (κ3) is 5.52. The van der Waals surface area contributed by atoms with Crippen LogP contribution in [0.4, 0.5) is 27.9 Å². The molecule has 1 aliphatic carbocycles. The molecule has 3 atom stereocenters. The van der Waals surface area contributed by atoms with E-state index < -0.39 is 5.82 Å². The van der Waals surface area contributed by atoms with Crippen LogP contribution in [0.2, 0.25) is 0 Å². The summed E-state index contributed by atoms with van der Waals surface area (Å²) in [4.78, 5) is 15.5. The molecule has 8 nitrogen and oxygen atoms in total. The number of allylic oxidation sites excluding steroid dienone is 1. The van der Waals surface area contributed by atoms with Crippen LogP contribution in [0.15, 0.2) is 30.4 Å². The minimum absolute atomic E-state index is 0.0243. The Morgan fingerprint density at radius 3 is 2.82 bits per heavy atom. The zero-order valence-corrected chi connectivity index (χ0v) is 19.4. The number of nitrogens with zero attached hydrogens (tertiary/aromatic N) is 4. The molecule has 1 aliphatic heterocycles. The minimum atomic E-state index is -0.432. The first-order valence-corrected chi connectivity index (χ1v) is 11.9. The van der Waals surface area contributed by atoms with Gasteiger partial charge in [0.1, 0.15) is 0 Å². The van der Waals surface area contributed by atoms with Gasteiger partial charge in [0.2, 0.25) is 17.8 Å². The molecule has 0 bridgehead atoms. The topological polar surface area (TPSA) is 101 Å². The van der Waals surface area contributed by atoms with Gasteiger partial charge in [0, 0.05) is 24.3 Å². The van der Waals surface area contributed by atoms with E-state index in [1.54, 1.807) is 6.07 Å². The van der Waals surface area contributed by atoms with E-state index in [0.29, 0.717) is 23.5 Å². The molecule has 0 amide bonds. The van der Waals surface area contributed by atoms with E-state index in [4.69, 9.17) is 15.5 Å². The van der Waals surface area contributed by atoms with Crippen molar-refractivity contribution in [2.45, 2.75) is 57.5 Å². The SMILES string of the molecule is CCC(C1CCCN1)N(c1ccc(OC)c(F)c1)c1nc(N)nc(NCC2C=CCCC2)n1. The Hall–Kier alpha value is -2.94. The Labute approximate surface area is 194 Å². The number of anilines is 4. The third-order valence-electron chi connectivity index (χ3n) is 6.46. The van der Waals surface area contributed by atoms with E-state index in [9.17, 15) is 4.39 Å². The summed E-state index contributed by atoms with van der Waals surface area (Å²) >= 11 is 0. The minimum Gasteiger partial charge on any atom is -0.494 e. The molecule has 3 unspecified atom stereocenters. The van der Waals surface area contributed by atoms with Crippen molar-refractivity contribution in [2.24, 2.45) is 5.92 Å². The standard InChI is InChI=1S/C24H34FN7O/c1-3-20(19-10-7-13-27-19)32(17-11-12-21(33-2)18(25)14-17)24-30-22(26)29-23(31-24)28-15-16-8-5-4-6-9-16/h5,8,11-12,14,16,19-20,27H,3-4,6-7,9-10,13,15H2,1-2H3,(H3,26,28,29,30,31). The Balaban J connectivity index is 1.68. The fourth-order valence-electron chi connectivity index (χ4n) is 4.79. The number of nitrogens with two attached hydrogens (primary N) is 1. The normalized spacial score (nSPS) is 21.1. The summed E-state index contributed by atoms with van der Waals surface area (Å²) in [5.74, 6) is 1.19. The number of benzene rings is 1. The molecule has 1 aromatic heterocycles. The van der Waals surface area contributed by atoms with Gasteiger partial charge in [0.25, 0.3) is 0 Å². The molecule has 0 saturated carbocycles. The molecule has 0 radical (unpaired) electrons. The average molecular weight is 456 g/mol. The molecule has 2 aromatic rings. The molecule has 1 fully saturated rings. The largest absolute Gasteiger partial charge is 0.494 e. The first-order valence-electron chi connectivity index (χ1n) is 11.9. The molecular weight excluding hydrogens is 421 g/mol. The number of rotatable bonds is 9. The summed E-state index contributed by atoms with van der Waals surface area (Å²) in [5.41, 5.74) is 6.76. The maximum Gasteiger partial charge on any atom is 0.236 e. The van der Waals surface area contributed by atoms with E-state index in [-0.39, 0.29) is 23.8 Å². The number of hydrogen-bond donors (Lipinski definition) is 3. The summed E-state index contributed by atoms with van der Waals surface area (Å²) < 4.78 is 19.8. The first kappa shape index (κ1) is 23.2. The van der Waals surface area contributed by atoms with Gasteiger partial charge >= 0.3 is 0 Å². The van der Waals surface area contributed by atoms with Gasteiger partial charge in [-0.25, -0.2) is 4.39 Å². The Morgan fingerprint density at radius 1 is 1.27 bits per heavy atom. The summed E-state index contributed by atoms with van der Waals surface area (Å²) in [5, 5.41) is 6.90. The number of halogens is 1. The van der Waals surface area contributed by atoms with Gasteiger partial charge in [0.15, 0.2) is 11.6 Å². The summed E-state index contributed by atoms with van der Waals surface area (Å²) in [7, 11) is 1.46. The third-order valence-corrected chi connectivity index (χ3v) is 6.46. The lowest BCUT2D eigenvalue weighted by molar-refractivity contribution is 0.386. The van der Waals surface area contributed by atoms with Crippen LogP contribution >= 0.6 is 0 Å². The van der Waals surface area contributed by atoms with Crippen molar-refractivity contribution < 1.29 is 9.13 Å². The van der Waals surface area contributed by atoms with Crippen LogP contribution in [0.3, 0.4) is 0 Å². The van der Waals surface area contributed by atoms with Gasteiger partial charge < -0.3 is 26.0 Å². The zero-order valence-electron chi connectivity index (χ0n) is 19.4. The van der Waals surface area contributed by atoms with Gasteiger partial charge in [-0.2, -0.15) is 15.0 Å². The molecule has 4 N–H and O–H groups in total. The van der Waals surface area contributed by atoms with Crippen LogP contribution in [-0.4, -0.2) is 47.2 Å². The molecule has 0 spiro atoms. The van der Waals surface area contributed by atoms with E-state index in [0.717, 1.165) is 45.2 Å². The average Bonchev–Trinajstić information content (AvgIpc) is 3.36. The summed E-state index contributed by atoms with van der Waals surface area (Å²) in [6.45, 7) is 3.82. The van der Waals surface area contributed by atoms with Crippen molar-refractivity contribution in [1.29, 1.82) is 0 Å². The van der Waals surface area contributed by atoms with E-state index in [1.165, 1.54) is 19.6 Å². The van der Waals surface area contributed by atoms with Crippen LogP contribution in [0.5, 0.6) is 5.75 Å². The highest BCUT2D eigenvalue weighted by molar-refractivity contribution is 5.61. The van der Waals surface area contributed by atoms with Crippen molar-refractivity contribution in [2.75, 3.05) is 36.1 Å². The second-order valence-corrected chi connectivity index (χ2v) is 8.68. The summed E-state index contributed by atoms with van der Waals surface area (Å²) in [6.07, 6.45) is 10.9. The van der Waals surface area contributed by atoms with Crippen molar-refractivity contribution in [3.05, 3.63) is 36.2 Å². The fourth-order valence-corrected chi connectivity index (χ4v) is 4.79. The fraction of sp³-hybridized carbons (Fsp3) is 0.542. The molecule has 2 aliphatic rings. The van der Waals surface area contributed by atoms with E-state index >= 15 is 0 Å². The van der Waals surface area contributed by atoms with Crippen molar-refractivity contribution in [3.63, 3.8) is 0 Å². The second-order valence-electron chi connectivity index (χ2n) is 8.68. The van der Waals surface area contributed by atoms with Crippen LogP contribution < -0.4 is 26.0 Å². The van der Waals surface area contributed by atoms with Crippen molar-refractivity contribution in [3.8, 4) is 5.75 Å². The lowest BCUT2D eigenvalue weighted by Gasteiger charge is -2.35. The lowest BCUT2D eigenvalue weighted by Crippen LogP contribution is -2.46. The van der Waals surface area contributed by atoms with Gasteiger partial charge in [-0.3, -0.25) is 0 Å². The molecule has 1 saturated heterocycles. The number of aromatic nitrogens is 3. The lowest BCUT2D eigenvalue weighted by atomic mass is 9.96. The first-order chi connectivity index (χ1) is 16.1. The number of ether oxygens (including phenoxy) is 1. The second kappa shape index (κ2) is 10.8. The van der Waals surface area contributed by atoms with Crippen molar-refractivity contribution >= 4 is 23.5 Å². The van der Waals surface area contributed by atoms with Gasteiger partial charge in [-0.15, -0.1) is 0 Å². The van der Waals surface area contributed by atoms with E-state index in [2.05, 4.69) is 39.7 Å². The monoisotopic (exact) mass is 455 g/mol. The highest BCUT2D eigenvalue weighted by atomic mass is 19.1. The Kier molecular flexibility index (Phi) is 7.59. The quantitative estimate of drug-likeness (QED) is 0.487. The molecule has 2 heterocycles. The van der Waals surface area contributed by atoms with Crippen LogP contribution in [0, 0.1) is 11.7 Å². The highest BCUT2D eigenvalue weighted by Gasteiger charge is 2.32. The number of nitrogen functional groups attached to an aromatic ring is 1. The van der Waals surface area contributed by atoms with Crippen LogP contribution in [0.1, 0.15) is 45.4 Å². The molecule has 1 aromatic carbocycles. The van der Waals surface area contributed by atoms with Crippen molar-refractivity contribution in [1.82, 2.24) is 20.3 Å². The number of methoxy groups -OCH3 is 1. The highest BCUT2D eigenvalue weighted by Crippen LogP contribution is 2.33. The molecule has 33 heavy (non-hydrogen) atoms. The molecule has 9 heteroatoms.